The second kappa shape index (κ2) is 6.26. The summed E-state index contributed by atoms with van der Waals surface area (Å²) in [7, 11) is 1.78. The van der Waals surface area contributed by atoms with Crippen LogP contribution in [0.25, 0.3) is 0 Å². The molecule has 0 heterocycles. The minimum atomic E-state index is 0.366. The maximum atomic E-state index is 6.54. The van der Waals surface area contributed by atoms with Gasteiger partial charge in [0.2, 0.25) is 0 Å². The van der Waals surface area contributed by atoms with Gasteiger partial charge in [0.1, 0.15) is 0 Å². The van der Waals surface area contributed by atoms with Gasteiger partial charge in [-0.1, -0.05) is 27.2 Å². The Morgan fingerprint density at radius 3 is 2.56 bits per heavy atom. The Morgan fingerprint density at radius 2 is 2.00 bits per heavy atom. The third-order valence-electron chi connectivity index (χ3n) is 4.21. The molecule has 0 aromatic heterocycles. The molecule has 1 aliphatic carbocycles. The first-order valence-electron chi connectivity index (χ1n) is 6.60. The molecule has 2 heteroatoms. The average molecular weight is 247 g/mol. The normalized spacial score (nSPS) is 31.7. The Labute approximate surface area is 106 Å². The van der Waals surface area contributed by atoms with Gasteiger partial charge in [-0.05, 0) is 42.9 Å². The number of methoxy groups -OCH3 is 1. The van der Waals surface area contributed by atoms with Crippen LogP contribution in [0.1, 0.15) is 52.9 Å². The van der Waals surface area contributed by atoms with Crippen LogP contribution in [-0.4, -0.2) is 19.1 Å². The predicted molar refractivity (Wildman–Crippen MR) is 71.0 cm³/mol. The van der Waals surface area contributed by atoms with E-state index in [4.69, 9.17) is 16.3 Å². The van der Waals surface area contributed by atoms with Crippen molar-refractivity contribution in [1.82, 2.24) is 0 Å². The molecule has 0 aromatic carbocycles. The lowest BCUT2D eigenvalue weighted by atomic mass is 9.67. The summed E-state index contributed by atoms with van der Waals surface area (Å²) in [6.07, 6.45) is 6.22. The van der Waals surface area contributed by atoms with Crippen molar-refractivity contribution in [3.63, 3.8) is 0 Å². The van der Waals surface area contributed by atoms with E-state index in [0.29, 0.717) is 16.7 Å². The molecule has 0 bridgehead atoms. The zero-order chi connectivity index (χ0) is 12.2. The zero-order valence-electron chi connectivity index (χ0n) is 11.3. The summed E-state index contributed by atoms with van der Waals surface area (Å²) < 4.78 is 5.14. The number of hydrogen-bond acceptors (Lipinski definition) is 1. The average Bonchev–Trinajstić information content (AvgIpc) is 2.17. The largest absolute Gasteiger partial charge is 0.385 e. The van der Waals surface area contributed by atoms with Crippen LogP contribution in [0.3, 0.4) is 0 Å². The standard InChI is InChI=1S/C14H27ClO/c1-11-6-7-12(13(15)10-11)14(2,3)8-5-9-16-4/h11-13H,5-10H2,1-4H3. The van der Waals surface area contributed by atoms with Crippen LogP contribution in [0.2, 0.25) is 0 Å². The van der Waals surface area contributed by atoms with E-state index >= 15 is 0 Å². The smallest absolute Gasteiger partial charge is 0.0462 e. The lowest BCUT2D eigenvalue weighted by Gasteiger charge is -2.42. The Balaban J connectivity index is 2.47. The van der Waals surface area contributed by atoms with Gasteiger partial charge >= 0.3 is 0 Å². The van der Waals surface area contributed by atoms with Crippen LogP contribution < -0.4 is 0 Å². The van der Waals surface area contributed by atoms with Crippen molar-refractivity contribution in [2.24, 2.45) is 17.3 Å². The molecule has 1 saturated carbocycles. The molecule has 1 aliphatic rings. The van der Waals surface area contributed by atoms with Crippen LogP contribution in [0.4, 0.5) is 0 Å². The maximum Gasteiger partial charge on any atom is 0.0462 e. The van der Waals surface area contributed by atoms with Crippen molar-refractivity contribution in [2.75, 3.05) is 13.7 Å². The first kappa shape index (κ1) is 14.3. The summed E-state index contributed by atoms with van der Waals surface area (Å²) in [5.41, 5.74) is 0.366. The number of ether oxygens (including phenoxy) is 1. The highest BCUT2D eigenvalue weighted by Crippen LogP contribution is 2.45. The van der Waals surface area contributed by atoms with Crippen molar-refractivity contribution in [3.05, 3.63) is 0 Å². The van der Waals surface area contributed by atoms with Crippen molar-refractivity contribution in [1.29, 1.82) is 0 Å². The van der Waals surface area contributed by atoms with E-state index in [1.165, 1.54) is 25.7 Å². The van der Waals surface area contributed by atoms with Crippen molar-refractivity contribution in [2.45, 2.75) is 58.3 Å². The monoisotopic (exact) mass is 246 g/mol. The molecule has 3 atom stereocenters. The van der Waals surface area contributed by atoms with Crippen LogP contribution in [0, 0.1) is 17.3 Å². The number of rotatable bonds is 5. The summed E-state index contributed by atoms with van der Waals surface area (Å²) >= 11 is 6.54. The molecular formula is C14H27ClO. The van der Waals surface area contributed by atoms with Gasteiger partial charge in [0.15, 0.2) is 0 Å². The van der Waals surface area contributed by atoms with E-state index in [2.05, 4.69) is 20.8 Å². The molecule has 0 aromatic rings. The molecule has 96 valence electrons. The molecule has 1 rings (SSSR count). The SMILES string of the molecule is COCCCC(C)(C)C1CCC(C)CC1Cl. The van der Waals surface area contributed by atoms with Gasteiger partial charge in [-0.15, -0.1) is 11.6 Å². The van der Waals surface area contributed by atoms with Gasteiger partial charge in [0.25, 0.3) is 0 Å². The van der Waals surface area contributed by atoms with Gasteiger partial charge in [-0.2, -0.15) is 0 Å². The highest BCUT2D eigenvalue weighted by molar-refractivity contribution is 6.20. The van der Waals surface area contributed by atoms with E-state index < -0.39 is 0 Å². The van der Waals surface area contributed by atoms with Gasteiger partial charge in [0.05, 0.1) is 0 Å². The molecule has 0 spiro atoms. The summed E-state index contributed by atoms with van der Waals surface area (Å²) in [5, 5.41) is 0.376. The predicted octanol–water partition coefficient (Wildman–Crippen LogP) is 4.48. The molecule has 0 saturated heterocycles. The van der Waals surface area contributed by atoms with Gasteiger partial charge < -0.3 is 4.74 Å². The number of hydrogen-bond donors (Lipinski definition) is 0. The van der Waals surface area contributed by atoms with Crippen LogP contribution in [0.5, 0.6) is 0 Å². The molecule has 1 fully saturated rings. The molecule has 0 radical (unpaired) electrons. The van der Waals surface area contributed by atoms with Crippen molar-refractivity contribution in [3.8, 4) is 0 Å². The Hall–Kier alpha value is 0.250. The van der Waals surface area contributed by atoms with E-state index in [0.717, 1.165) is 18.9 Å². The lowest BCUT2D eigenvalue weighted by molar-refractivity contribution is 0.111. The fourth-order valence-corrected chi connectivity index (χ4v) is 3.82. The summed E-state index contributed by atoms with van der Waals surface area (Å²) in [4.78, 5) is 0. The zero-order valence-corrected chi connectivity index (χ0v) is 12.0. The number of halogens is 1. The van der Waals surface area contributed by atoms with E-state index in [-0.39, 0.29) is 0 Å². The van der Waals surface area contributed by atoms with Gasteiger partial charge in [0, 0.05) is 19.1 Å². The van der Waals surface area contributed by atoms with E-state index in [1.54, 1.807) is 7.11 Å². The fraction of sp³-hybridized carbons (Fsp3) is 1.00. The Bertz CT molecular complexity index is 203. The summed E-state index contributed by atoms with van der Waals surface area (Å²) in [6.45, 7) is 7.94. The topological polar surface area (TPSA) is 9.23 Å². The molecule has 0 N–H and O–H groups in total. The fourth-order valence-electron chi connectivity index (χ4n) is 3.05. The van der Waals surface area contributed by atoms with Crippen LogP contribution in [-0.2, 0) is 4.74 Å². The third-order valence-corrected chi connectivity index (χ3v) is 4.69. The molecule has 1 nitrogen and oxygen atoms in total. The van der Waals surface area contributed by atoms with Crippen molar-refractivity contribution < 1.29 is 4.74 Å². The van der Waals surface area contributed by atoms with Crippen LogP contribution in [0.15, 0.2) is 0 Å². The number of alkyl halides is 1. The molecular weight excluding hydrogens is 220 g/mol. The maximum absolute atomic E-state index is 6.54. The Kier molecular flexibility index (Phi) is 5.60. The summed E-state index contributed by atoms with van der Waals surface area (Å²) in [6, 6.07) is 0. The molecule has 16 heavy (non-hydrogen) atoms. The second-order valence-electron chi connectivity index (χ2n) is 6.13. The minimum Gasteiger partial charge on any atom is -0.385 e. The third kappa shape index (κ3) is 3.92. The first-order chi connectivity index (χ1) is 7.47. The Morgan fingerprint density at radius 1 is 1.31 bits per heavy atom. The first-order valence-corrected chi connectivity index (χ1v) is 7.04. The van der Waals surface area contributed by atoms with Gasteiger partial charge in [-0.3, -0.25) is 0 Å². The van der Waals surface area contributed by atoms with E-state index in [1.807, 2.05) is 0 Å². The van der Waals surface area contributed by atoms with Crippen molar-refractivity contribution >= 4 is 11.6 Å². The highest BCUT2D eigenvalue weighted by atomic mass is 35.5. The second-order valence-corrected chi connectivity index (χ2v) is 6.69. The lowest BCUT2D eigenvalue weighted by Crippen LogP contribution is -2.36. The molecule has 0 aliphatic heterocycles. The quantitative estimate of drug-likeness (QED) is 0.513. The van der Waals surface area contributed by atoms with E-state index in [9.17, 15) is 0 Å². The highest BCUT2D eigenvalue weighted by Gasteiger charge is 2.37. The molecule has 3 unspecified atom stereocenters. The van der Waals surface area contributed by atoms with Crippen LogP contribution >= 0.6 is 11.6 Å². The van der Waals surface area contributed by atoms with Gasteiger partial charge in [-0.25, -0.2) is 0 Å². The minimum absolute atomic E-state index is 0.366. The molecule has 0 amide bonds. The summed E-state index contributed by atoms with van der Waals surface area (Å²) in [5.74, 6) is 1.50.